The molecule has 0 amide bonds. The van der Waals surface area contributed by atoms with Crippen molar-refractivity contribution in [3.8, 4) is 0 Å². The fourth-order valence-corrected chi connectivity index (χ4v) is 1.45. The van der Waals surface area contributed by atoms with E-state index < -0.39 is 0 Å². The summed E-state index contributed by atoms with van der Waals surface area (Å²) in [6, 6.07) is 0. The maximum absolute atomic E-state index is 10.9. The van der Waals surface area contributed by atoms with Crippen LogP contribution in [-0.2, 0) is 19.0 Å². The maximum atomic E-state index is 10.9. The zero-order valence-electron chi connectivity index (χ0n) is 11.7. The number of hydrogen-bond acceptors (Lipinski definition) is 4. The fourth-order valence-electron chi connectivity index (χ4n) is 1.45. The van der Waals surface area contributed by atoms with Crippen molar-refractivity contribution in [1.82, 2.24) is 0 Å². The molecular weight excluding hydrogens is 220 g/mol. The molecule has 0 aliphatic heterocycles. The Hall–Kier alpha value is -0.610. The van der Waals surface area contributed by atoms with Crippen molar-refractivity contribution in [3.05, 3.63) is 0 Å². The Morgan fingerprint density at radius 3 is 2.24 bits per heavy atom. The molecule has 0 rings (SSSR count). The minimum atomic E-state index is -0.292. The first-order valence-corrected chi connectivity index (χ1v) is 6.47. The lowest BCUT2D eigenvalue weighted by molar-refractivity contribution is -0.185. The van der Waals surface area contributed by atoms with Crippen molar-refractivity contribution in [2.75, 3.05) is 6.61 Å². The molecule has 0 aromatic rings. The van der Waals surface area contributed by atoms with Gasteiger partial charge in [0.25, 0.3) is 0 Å². The van der Waals surface area contributed by atoms with Crippen LogP contribution in [0, 0.1) is 0 Å². The van der Waals surface area contributed by atoms with Crippen molar-refractivity contribution in [1.29, 1.82) is 0 Å². The van der Waals surface area contributed by atoms with Crippen LogP contribution in [0.2, 0.25) is 0 Å². The summed E-state index contributed by atoms with van der Waals surface area (Å²) in [6.07, 6.45) is 2.03. The zero-order valence-corrected chi connectivity index (χ0v) is 11.7. The molecule has 3 atom stereocenters. The Kier molecular flexibility index (Phi) is 9.09. The first-order chi connectivity index (χ1) is 8.03. The highest BCUT2D eigenvalue weighted by molar-refractivity contribution is 5.66. The van der Waals surface area contributed by atoms with Crippen molar-refractivity contribution < 1.29 is 19.0 Å². The highest BCUT2D eigenvalue weighted by atomic mass is 16.7. The summed E-state index contributed by atoms with van der Waals surface area (Å²) in [7, 11) is 0. The van der Waals surface area contributed by atoms with Crippen LogP contribution in [0.5, 0.6) is 0 Å². The third-order valence-electron chi connectivity index (χ3n) is 2.55. The average molecular weight is 246 g/mol. The van der Waals surface area contributed by atoms with E-state index in [2.05, 4.69) is 6.92 Å². The molecule has 0 bridgehead atoms. The Balaban J connectivity index is 4.23. The second-order valence-electron chi connectivity index (χ2n) is 4.12. The molecule has 4 heteroatoms. The van der Waals surface area contributed by atoms with Gasteiger partial charge < -0.3 is 14.2 Å². The molecule has 0 unspecified atom stereocenters. The lowest BCUT2D eigenvalue weighted by Crippen LogP contribution is -2.29. The second kappa shape index (κ2) is 9.42. The third kappa shape index (κ3) is 8.16. The molecule has 0 spiro atoms. The van der Waals surface area contributed by atoms with E-state index in [9.17, 15) is 4.79 Å². The van der Waals surface area contributed by atoms with E-state index in [1.165, 1.54) is 6.92 Å². The van der Waals surface area contributed by atoms with Gasteiger partial charge in [-0.05, 0) is 26.7 Å². The lowest BCUT2D eigenvalue weighted by Gasteiger charge is -2.25. The van der Waals surface area contributed by atoms with Gasteiger partial charge in [0.15, 0.2) is 6.29 Å². The monoisotopic (exact) mass is 246 g/mol. The van der Waals surface area contributed by atoms with E-state index in [-0.39, 0.29) is 24.5 Å². The third-order valence-corrected chi connectivity index (χ3v) is 2.55. The smallest absolute Gasteiger partial charge is 0.302 e. The quantitative estimate of drug-likeness (QED) is 0.463. The highest BCUT2D eigenvalue weighted by Gasteiger charge is 2.19. The van der Waals surface area contributed by atoms with Gasteiger partial charge in [-0.3, -0.25) is 4.79 Å². The molecule has 0 heterocycles. The van der Waals surface area contributed by atoms with Crippen LogP contribution < -0.4 is 0 Å². The van der Waals surface area contributed by atoms with Gasteiger partial charge >= 0.3 is 5.97 Å². The van der Waals surface area contributed by atoms with Gasteiger partial charge in [0.2, 0.25) is 0 Å². The fraction of sp³-hybridized carbons (Fsp3) is 0.923. The van der Waals surface area contributed by atoms with Crippen LogP contribution in [0.1, 0.15) is 53.9 Å². The standard InChI is InChI=1S/C13H26O4/c1-6-10(4)16-13(15-8-3)9-12(7-2)17-11(5)14/h10,12-13H,6-9H2,1-5H3/t10-,12+,13-/m1/s1. The molecule has 102 valence electrons. The summed E-state index contributed by atoms with van der Waals surface area (Å²) in [5.74, 6) is -0.254. The summed E-state index contributed by atoms with van der Waals surface area (Å²) in [6.45, 7) is 10.0. The van der Waals surface area contributed by atoms with Crippen molar-refractivity contribution >= 4 is 5.97 Å². The van der Waals surface area contributed by atoms with E-state index in [0.29, 0.717) is 13.0 Å². The molecule has 4 nitrogen and oxygen atoms in total. The highest BCUT2D eigenvalue weighted by Crippen LogP contribution is 2.14. The van der Waals surface area contributed by atoms with Crippen LogP contribution in [-0.4, -0.2) is 31.1 Å². The maximum Gasteiger partial charge on any atom is 0.302 e. The predicted molar refractivity (Wildman–Crippen MR) is 66.7 cm³/mol. The molecule has 0 fully saturated rings. The minimum absolute atomic E-state index is 0.131. The molecule has 0 aliphatic carbocycles. The number of hydrogen-bond donors (Lipinski definition) is 0. The average Bonchev–Trinajstić information content (AvgIpc) is 2.27. The molecule has 0 aliphatic rings. The van der Waals surface area contributed by atoms with Gasteiger partial charge in [-0.25, -0.2) is 0 Å². The summed E-state index contributed by atoms with van der Waals surface area (Å²) < 4.78 is 16.4. The van der Waals surface area contributed by atoms with E-state index in [1.807, 2.05) is 20.8 Å². The number of carbonyl (C=O) groups excluding carboxylic acids is 1. The predicted octanol–water partition coefficient (Wildman–Crippen LogP) is 2.90. The number of ether oxygens (including phenoxy) is 3. The van der Waals surface area contributed by atoms with Gasteiger partial charge in [-0.1, -0.05) is 13.8 Å². The lowest BCUT2D eigenvalue weighted by atomic mass is 10.2. The van der Waals surface area contributed by atoms with Gasteiger partial charge in [0.1, 0.15) is 6.10 Å². The Bertz CT molecular complexity index is 206. The molecule has 17 heavy (non-hydrogen) atoms. The zero-order chi connectivity index (χ0) is 13.3. The molecular formula is C13H26O4. The molecule has 0 N–H and O–H groups in total. The van der Waals surface area contributed by atoms with Gasteiger partial charge in [0, 0.05) is 20.0 Å². The van der Waals surface area contributed by atoms with E-state index >= 15 is 0 Å². The summed E-state index contributed by atoms with van der Waals surface area (Å²) >= 11 is 0. The van der Waals surface area contributed by atoms with Crippen LogP contribution >= 0.6 is 0 Å². The molecule has 0 aromatic heterocycles. The Morgan fingerprint density at radius 2 is 1.82 bits per heavy atom. The summed E-state index contributed by atoms with van der Waals surface area (Å²) in [5, 5.41) is 0. The first-order valence-electron chi connectivity index (χ1n) is 6.47. The largest absolute Gasteiger partial charge is 0.462 e. The number of carbonyl (C=O) groups is 1. The van der Waals surface area contributed by atoms with Gasteiger partial charge in [-0.2, -0.15) is 0 Å². The summed E-state index contributed by atoms with van der Waals surface area (Å²) in [5.41, 5.74) is 0. The number of rotatable bonds is 9. The molecule has 0 saturated carbocycles. The summed E-state index contributed by atoms with van der Waals surface area (Å²) in [4.78, 5) is 10.9. The van der Waals surface area contributed by atoms with Gasteiger partial charge in [0.05, 0.1) is 6.10 Å². The minimum Gasteiger partial charge on any atom is -0.462 e. The van der Waals surface area contributed by atoms with E-state index in [4.69, 9.17) is 14.2 Å². The molecule has 0 saturated heterocycles. The van der Waals surface area contributed by atoms with E-state index in [0.717, 1.165) is 12.8 Å². The number of esters is 1. The van der Waals surface area contributed by atoms with Crippen LogP contribution in [0.3, 0.4) is 0 Å². The van der Waals surface area contributed by atoms with Crippen LogP contribution in [0.25, 0.3) is 0 Å². The topological polar surface area (TPSA) is 44.8 Å². The Morgan fingerprint density at radius 1 is 1.18 bits per heavy atom. The second-order valence-corrected chi connectivity index (χ2v) is 4.12. The van der Waals surface area contributed by atoms with Crippen LogP contribution in [0.4, 0.5) is 0 Å². The molecule has 0 aromatic carbocycles. The first kappa shape index (κ1) is 16.4. The van der Waals surface area contributed by atoms with E-state index in [1.54, 1.807) is 0 Å². The van der Waals surface area contributed by atoms with Crippen molar-refractivity contribution in [2.24, 2.45) is 0 Å². The van der Waals surface area contributed by atoms with Gasteiger partial charge in [-0.15, -0.1) is 0 Å². The SMILES string of the molecule is CCO[C@@H](C[C@H](CC)OC(C)=O)O[C@H](C)CC. The van der Waals surface area contributed by atoms with Crippen molar-refractivity contribution in [3.63, 3.8) is 0 Å². The van der Waals surface area contributed by atoms with Crippen LogP contribution in [0.15, 0.2) is 0 Å². The Labute approximate surface area is 105 Å². The molecule has 0 radical (unpaired) electrons. The van der Waals surface area contributed by atoms with Crippen molar-refractivity contribution in [2.45, 2.75) is 72.4 Å². The normalized spacial score (nSPS) is 16.3.